The quantitative estimate of drug-likeness (QED) is 0.900. The fourth-order valence-corrected chi connectivity index (χ4v) is 4.79. The molecule has 3 nitrogen and oxygen atoms in total. The molecule has 1 aromatic rings. The molecule has 0 spiro atoms. The summed E-state index contributed by atoms with van der Waals surface area (Å²) in [6, 6.07) is 11.7. The van der Waals surface area contributed by atoms with Crippen LogP contribution in [-0.2, 0) is 10.2 Å². The molecule has 4 rings (SSSR count). The second kappa shape index (κ2) is 6.82. The molecule has 1 aromatic carbocycles. The Labute approximate surface area is 145 Å². The fourth-order valence-electron chi connectivity index (χ4n) is 4.79. The highest BCUT2D eigenvalue weighted by Crippen LogP contribution is 2.43. The summed E-state index contributed by atoms with van der Waals surface area (Å²) in [5.74, 6) is 0.394. The summed E-state index contributed by atoms with van der Waals surface area (Å²) in [6.45, 7) is 1.84. The Morgan fingerprint density at radius 3 is 2.48 bits per heavy atom. The van der Waals surface area contributed by atoms with Crippen molar-refractivity contribution in [3.63, 3.8) is 0 Å². The Morgan fingerprint density at radius 2 is 1.74 bits per heavy atom. The van der Waals surface area contributed by atoms with E-state index in [0.717, 1.165) is 32.4 Å². The number of hydrogen-bond acceptors (Lipinski definition) is 2. The van der Waals surface area contributed by atoms with E-state index in [-0.39, 0.29) is 17.8 Å². The molecule has 2 atom stereocenters. The van der Waals surface area contributed by atoms with Gasteiger partial charge in [0.05, 0.1) is 5.41 Å². The number of carbonyl (C=O) groups excluding carboxylic acids is 1. The molecular weight excluding hydrogens is 308 g/mol. The van der Waals surface area contributed by atoms with Gasteiger partial charge in [0.15, 0.2) is 0 Å². The predicted molar refractivity (Wildman–Crippen MR) is 95.0 cm³/mol. The van der Waals surface area contributed by atoms with Crippen LogP contribution in [0.5, 0.6) is 0 Å². The number of amides is 1. The van der Waals surface area contributed by atoms with Gasteiger partial charge in [0, 0.05) is 25.2 Å². The van der Waals surface area contributed by atoms with Crippen molar-refractivity contribution in [3.05, 3.63) is 35.9 Å². The third kappa shape index (κ3) is 3.01. The van der Waals surface area contributed by atoms with Gasteiger partial charge in [-0.3, -0.25) is 4.79 Å². The highest BCUT2D eigenvalue weighted by molar-refractivity contribution is 5.88. The number of hydrogen-bond donors (Lipinski definition) is 1. The summed E-state index contributed by atoms with van der Waals surface area (Å²) in [5, 5.41) is 3.69. The molecule has 23 heavy (non-hydrogen) atoms. The molecule has 2 unspecified atom stereocenters. The Kier molecular flexibility index (Phi) is 4.98. The number of benzene rings is 1. The fraction of sp³-hybridized carbons (Fsp3) is 0.632. The zero-order valence-electron chi connectivity index (χ0n) is 13.7. The number of nitrogens with zero attached hydrogens (tertiary/aromatic N) is 1. The van der Waals surface area contributed by atoms with E-state index in [1.165, 1.54) is 31.2 Å². The average molecular weight is 335 g/mol. The summed E-state index contributed by atoms with van der Waals surface area (Å²) < 4.78 is 0. The van der Waals surface area contributed by atoms with Gasteiger partial charge in [0.1, 0.15) is 0 Å². The first-order valence-electron chi connectivity index (χ1n) is 8.89. The highest BCUT2D eigenvalue weighted by atomic mass is 35.5. The van der Waals surface area contributed by atoms with Crippen molar-refractivity contribution in [2.45, 2.75) is 62.4 Å². The Hall–Kier alpha value is -1.06. The molecule has 2 heterocycles. The molecule has 1 N–H and O–H groups in total. The third-order valence-electron chi connectivity index (χ3n) is 6.00. The Bertz CT molecular complexity index is 542. The second-order valence-corrected chi connectivity index (χ2v) is 7.33. The monoisotopic (exact) mass is 334 g/mol. The van der Waals surface area contributed by atoms with Crippen LogP contribution in [0.4, 0.5) is 0 Å². The van der Waals surface area contributed by atoms with Gasteiger partial charge in [0.25, 0.3) is 0 Å². The first-order chi connectivity index (χ1) is 10.8. The van der Waals surface area contributed by atoms with Crippen LogP contribution in [0.3, 0.4) is 0 Å². The van der Waals surface area contributed by atoms with E-state index in [2.05, 4.69) is 34.5 Å². The molecule has 3 fully saturated rings. The summed E-state index contributed by atoms with van der Waals surface area (Å²) in [7, 11) is 0. The van der Waals surface area contributed by atoms with Gasteiger partial charge in [0.2, 0.25) is 5.91 Å². The molecule has 1 aliphatic carbocycles. The zero-order chi connectivity index (χ0) is 15.0. The predicted octanol–water partition coefficient (Wildman–Crippen LogP) is 3.27. The molecule has 0 aromatic heterocycles. The van der Waals surface area contributed by atoms with Crippen LogP contribution >= 0.6 is 12.4 Å². The van der Waals surface area contributed by atoms with Crippen molar-refractivity contribution in [1.82, 2.24) is 10.2 Å². The molecule has 126 valence electrons. The van der Waals surface area contributed by atoms with Crippen molar-refractivity contribution in [3.8, 4) is 0 Å². The largest absolute Gasteiger partial charge is 0.340 e. The lowest BCUT2D eigenvalue weighted by molar-refractivity contribution is -0.137. The van der Waals surface area contributed by atoms with E-state index in [1.54, 1.807) is 0 Å². The van der Waals surface area contributed by atoms with Crippen molar-refractivity contribution in [2.24, 2.45) is 0 Å². The van der Waals surface area contributed by atoms with E-state index < -0.39 is 0 Å². The summed E-state index contributed by atoms with van der Waals surface area (Å²) >= 11 is 0. The molecule has 2 bridgehead atoms. The van der Waals surface area contributed by atoms with E-state index >= 15 is 0 Å². The van der Waals surface area contributed by atoms with Gasteiger partial charge in [-0.2, -0.15) is 0 Å². The Balaban J connectivity index is 0.00000156. The smallest absolute Gasteiger partial charge is 0.233 e. The summed E-state index contributed by atoms with van der Waals surface area (Å²) in [5.41, 5.74) is 0.991. The maximum Gasteiger partial charge on any atom is 0.233 e. The van der Waals surface area contributed by atoms with Crippen LogP contribution in [0.15, 0.2) is 30.3 Å². The van der Waals surface area contributed by atoms with Gasteiger partial charge >= 0.3 is 0 Å². The first-order valence-corrected chi connectivity index (χ1v) is 8.89. The van der Waals surface area contributed by atoms with Crippen LogP contribution in [0, 0.1) is 0 Å². The lowest BCUT2D eigenvalue weighted by Gasteiger charge is -2.35. The maximum absolute atomic E-state index is 13.5. The number of fused-ring (bicyclic) bond motifs is 2. The summed E-state index contributed by atoms with van der Waals surface area (Å²) in [4.78, 5) is 15.6. The molecule has 1 saturated carbocycles. The minimum absolute atomic E-state index is 0. The second-order valence-electron chi connectivity index (χ2n) is 7.33. The molecule has 4 heteroatoms. The molecular formula is C19H27ClN2O. The lowest BCUT2D eigenvalue weighted by Crippen LogP contribution is -2.48. The standard InChI is InChI=1S/C19H26N2O.ClH/c22-18(21-13-10-16-8-9-17(14-21)20-16)19(11-4-5-12-19)15-6-2-1-3-7-15;/h1-3,6-7,16-17,20H,4-5,8-14H2;1H. The minimum atomic E-state index is -0.245. The number of nitrogens with one attached hydrogen (secondary N) is 1. The molecule has 3 aliphatic rings. The van der Waals surface area contributed by atoms with E-state index in [1.807, 2.05) is 6.07 Å². The van der Waals surface area contributed by atoms with Crippen molar-refractivity contribution >= 4 is 18.3 Å². The lowest BCUT2D eigenvalue weighted by atomic mass is 9.77. The van der Waals surface area contributed by atoms with Crippen molar-refractivity contribution in [2.75, 3.05) is 13.1 Å². The molecule has 2 saturated heterocycles. The topological polar surface area (TPSA) is 32.3 Å². The molecule has 0 radical (unpaired) electrons. The Morgan fingerprint density at radius 1 is 1.04 bits per heavy atom. The molecule has 2 aliphatic heterocycles. The van der Waals surface area contributed by atoms with Crippen LogP contribution in [0.25, 0.3) is 0 Å². The number of carbonyl (C=O) groups is 1. The first kappa shape index (κ1) is 16.8. The normalized spacial score (nSPS) is 29.0. The van der Waals surface area contributed by atoms with Gasteiger partial charge in [-0.1, -0.05) is 43.2 Å². The van der Waals surface area contributed by atoms with Crippen LogP contribution in [0.1, 0.15) is 50.5 Å². The van der Waals surface area contributed by atoms with E-state index in [9.17, 15) is 4.79 Å². The van der Waals surface area contributed by atoms with Gasteiger partial charge in [-0.05, 0) is 37.7 Å². The zero-order valence-corrected chi connectivity index (χ0v) is 14.5. The van der Waals surface area contributed by atoms with Crippen LogP contribution in [0.2, 0.25) is 0 Å². The van der Waals surface area contributed by atoms with Crippen LogP contribution < -0.4 is 5.32 Å². The highest BCUT2D eigenvalue weighted by Gasteiger charge is 2.46. The summed E-state index contributed by atoms with van der Waals surface area (Å²) in [6.07, 6.45) is 8.04. The van der Waals surface area contributed by atoms with Gasteiger partial charge < -0.3 is 10.2 Å². The number of halogens is 1. The maximum atomic E-state index is 13.5. The average Bonchev–Trinajstić information content (AvgIpc) is 3.15. The van der Waals surface area contributed by atoms with Gasteiger partial charge in [-0.25, -0.2) is 0 Å². The van der Waals surface area contributed by atoms with Gasteiger partial charge in [-0.15, -0.1) is 12.4 Å². The molecule has 1 amide bonds. The van der Waals surface area contributed by atoms with Crippen molar-refractivity contribution < 1.29 is 4.79 Å². The van der Waals surface area contributed by atoms with Crippen LogP contribution in [-0.4, -0.2) is 36.0 Å². The third-order valence-corrected chi connectivity index (χ3v) is 6.00. The SMILES string of the molecule is Cl.O=C(N1CCC2CCC(C1)N2)C1(c2ccccc2)CCCC1. The van der Waals surface area contributed by atoms with E-state index in [4.69, 9.17) is 0 Å². The minimum Gasteiger partial charge on any atom is -0.340 e. The number of rotatable bonds is 2. The van der Waals surface area contributed by atoms with E-state index in [0.29, 0.717) is 18.0 Å². The van der Waals surface area contributed by atoms with Crippen molar-refractivity contribution in [1.29, 1.82) is 0 Å². The number of likely N-dealkylation sites (tertiary alicyclic amines) is 1.